The van der Waals surface area contributed by atoms with Crippen LogP contribution in [0.15, 0.2) is 30.3 Å². The van der Waals surface area contributed by atoms with E-state index in [1.54, 1.807) is 0 Å². The van der Waals surface area contributed by atoms with Gasteiger partial charge >= 0.3 is 0 Å². The lowest BCUT2D eigenvalue weighted by molar-refractivity contribution is -0.131. The zero-order valence-electron chi connectivity index (χ0n) is 13.1. The van der Waals surface area contributed by atoms with Crippen molar-refractivity contribution in [1.82, 2.24) is 9.80 Å². The summed E-state index contributed by atoms with van der Waals surface area (Å²) in [6.45, 7) is 2.21. The molecule has 0 bridgehead atoms. The molecule has 0 aliphatic carbocycles. The summed E-state index contributed by atoms with van der Waals surface area (Å²) in [6, 6.07) is 10.3. The van der Waals surface area contributed by atoms with Gasteiger partial charge in [0.15, 0.2) is 0 Å². The van der Waals surface area contributed by atoms with Crippen LogP contribution < -0.4 is 4.74 Å². The number of likely N-dealkylation sites (tertiary alicyclic amines) is 1. The molecule has 0 unspecified atom stereocenters. The third-order valence-corrected chi connectivity index (χ3v) is 4.11. The van der Waals surface area contributed by atoms with E-state index < -0.39 is 0 Å². The van der Waals surface area contributed by atoms with Crippen molar-refractivity contribution in [2.45, 2.75) is 31.7 Å². The van der Waals surface area contributed by atoms with Gasteiger partial charge in [-0.25, -0.2) is 0 Å². The summed E-state index contributed by atoms with van der Waals surface area (Å²) in [6.07, 6.45) is 3.80. The van der Waals surface area contributed by atoms with Crippen LogP contribution >= 0.6 is 0 Å². The van der Waals surface area contributed by atoms with Gasteiger partial charge in [-0.05, 0) is 45.5 Å². The summed E-state index contributed by atoms with van der Waals surface area (Å²) in [7, 11) is 4.24. The molecule has 1 fully saturated rings. The average Bonchev–Trinajstić information content (AvgIpc) is 2.74. The standard InChI is InChI=1S/C17H26N2O2/c1-18(2)15-7-6-12-19(13-10-15)17(20)11-14-21-16-8-4-3-5-9-16/h3-5,8-9,15H,6-7,10-14H2,1-2H3/t15-/m1/s1. The zero-order chi connectivity index (χ0) is 15.1. The summed E-state index contributed by atoms with van der Waals surface area (Å²) in [5, 5.41) is 0. The Morgan fingerprint density at radius 2 is 2.00 bits per heavy atom. The Morgan fingerprint density at radius 3 is 2.71 bits per heavy atom. The Labute approximate surface area is 127 Å². The predicted octanol–water partition coefficient (Wildman–Crippen LogP) is 2.40. The third-order valence-electron chi connectivity index (χ3n) is 4.11. The van der Waals surface area contributed by atoms with Crippen molar-refractivity contribution in [2.24, 2.45) is 0 Å². The van der Waals surface area contributed by atoms with Gasteiger partial charge in [0.05, 0.1) is 13.0 Å². The molecular formula is C17H26N2O2. The number of amides is 1. The highest BCUT2D eigenvalue weighted by atomic mass is 16.5. The van der Waals surface area contributed by atoms with Gasteiger partial charge in [-0.3, -0.25) is 4.79 Å². The first-order valence-corrected chi connectivity index (χ1v) is 7.79. The van der Waals surface area contributed by atoms with Crippen LogP contribution in [0, 0.1) is 0 Å². The first-order chi connectivity index (χ1) is 10.2. The minimum absolute atomic E-state index is 0.213. The van der Waals surface area contributed by atoms with E-state index in [-0.39, 0.29) is 5.91 Å². The highest BCUT2D eigenvalue weighted by Crippen LogP contribution is 2.15. The van der Waals surface area contributed by atoms with Crippen LogP contribution in [0.25, 0.3) is 0 Å². The van der Waals surface area contributed by atoms with E-state index >= 15 is 0 Å². The van der Waals surface area contributed by atoms with Crippen LogP contribution in [-0.2, 0) is 4.79 Å². The third kappa shape index (κ3) is 5.05. The molecule has 1 aromatic rings. The van der Waals surface area contributed by atoms with E-state index in [9.17, 15) is 4.79 Å². The second kappa shape index (κ2) is 8.03. The van der Waals surface area contributed by atoms with Crippen molar-refractivity contribution in [1.29, 1.82) is 0 Å². The highest BCUT2D eigenvalue weighted by Gasteiger charge is 2.21. The van der Waals surface area contributed by atoms with Crippen LogP contribution in [0.3, 0.4) is 0 Å². The number of carbonyl (C=O) groups is 1. The molecule has 0 saturated carbocycles. The first kappa shape index (κ1) is 15.8. The second-order valence-corrected chi connectivity index (χ2v) is 5.84. The Hall–Kier alpha value is -1.55. The fraction of sp³-hybridized carbons (Fsp3) is 0.588. The number of para-hydroxylation sites is 1. The van der Waals surface area contributed by atoms with Gasteiger partial charge in [-0.1, -0.05) is 18.2 Å². The Balaban J connectivity index is 1.73. The monoisotopic (exact) mass is 290 g/mol. The molecule has 1 amide bonds. The topological polar surface area (TPSA) is 32.8 Å². The summed E-state index contributed by atoms with van der Waals surface area (Å²) in [5.74, 6) is 1.04. The molecular weight excluding hydrogens is 264 g/mol. The van der Waals surface area contributed by atoms with Crippen molar-refractivity contribution in [2.75, 3.05) is 33.8 Å². The molecule has 4 nitrogen and oxygen atoms in total. The maximum Gasteiger partial charge on any atom is 0.225 e. The fourth-order valence-electron chi connectivity index (χ4n) is 2.78. The number of rotatable bonds is 5. The molecule has 0 radical (unpaired) electrons. The summed E-state index contributed by atoms with van der Waals surface area (Å²) >= 11 is 0. The van der Waals surface area contributed by atoms with Crippen LogP contribution in [0.1, 0.15) is 25.7 Å². The SMILES string of the molecule is CN(C)[C@@H]1CCCN(C(=O)CCOc2ccccc2)CC1. The van der Waals surface area contributed by atoms with Crippen molar-refractivity contribution in [3.8, 4) is 5.75 Å². The highest BCUT2D eigenvalue weighted by molar-refractivity contribution is 5.76. The molecule has 116 valence electrons. The molecule has 21 heavy (non-hydrogen) atoms. The fourth-order valence-corrected chi connectivity index (χ4v) is 2.78. The number of benzene rings is 1. The van der Waals surface area contributed by atoms with Crippen molar-refractivity contribution in [3.05, 3.63) is 30.3 Å². The molecule has 1 aliphatic heterocycles. The smallest absolute Gasteiger partial charge is 0.225 e. The van der Waals surface area contributed by atoms with Crippen LogP contribution in [-0.4, -0.2) is 55.5 Å². The molecule has 0 spiro atoms. The van der Waals surface area contributed by atoms with Gasteiger partial charge in [0.25, 0.3) is 0 Å². The van der Waals surface area contributed by atoms with E-state index in [2.05, 4.69) is 19.0 Å². The van der Waals surface area contributed by atoms with Gasteiger partial charge in [0.1, 0.15) is 5.75 Å². The zero-order valence-corrected chi connectivity index (χ0v) is 13.1. The molecule has 0 aromatic heterocycles. The summed E-state index contributed by atoms with van der Waals surface area (Å²) < 4.78 is 5.60. The molecule has 1 aromatic carbocycles. The summed E-state index contributed by atoms with van der Waals surface area (Å²) in [4.78, 5) is 16.5. The largest absolute Gasteiger partial charge is 0.493 e. The first-order valence-electron chi connectivity index (χ1n) is 7.79. The number of carbonyl (C=O) groups excluding carboxylic acids is 1. The van der Waals surface area contributed by atoms with E-state index in [4.69, 9.17) is 4.74 Å². The average molecular weight is 290 g/mol. The van der Waals surface area contributed by atoms with Gasteiger partial charge < -0.3 is 14.5 Å². The quantitative estimate of drug-likeness (QED) is 0.835. The van der Waals surface area contributed by atoms with E-state index in [1.165, 1.54) is 6.42 Å². The number of hydrogen-bond acceptors (Lipinski definition) is 3. The Kier molecular flexibility index (Phi) is 6.05. The molecule has 1 saturated heterocycles. The molecule has 1 heterocycles. The minimum Gasteiger partial charge on any atom is -0.493 e. The lowest BCUT2D eigenvalue weighted by atomic mass is 10.1. The van der Waals surface area contributed by atoms with Crippen molar-refractivity contribution in [3.63, 3.8) is 0 Å². The van der Waals surface area contributed by atoms with Gasteiger partial charge in [0.2, 0.25) is 5.91 Å². The van der Waals surface area contributed by atoms with Crippen LogP contribution in [0.4, 0.5) is 0 Å². The molecule has 4 heteroatoms. The van der Waals surface area contributed by atoms with Gasteiger partial charge in [-0.2, -0.15) is 0 Å². The lowest BCUT2D eigenvalue weighted by Gasteiger charge is -2.23. The van der Waals surface area contributed by atoms with E-state index in [1.807, 2.05) is 35.2 Å². The number of ether oxygens (including phenoxy) is 1. The van der Waals surface area contributed by atoms with Gasteiger partial charge in [0, 0.05) is 19.1 Å². The molecule has 1 aliphatic rings. The van der Waals surface area contributed by atoms with Crippen molar-refractivity contribution >= 4 is 5.91 Å². The maximum atomic E-state index is 12.2. The minimum atomic E-state index is 0.213. The second-order valence-electron chi connectivity index (χ2n) is 5.84. The van der Waals surface area contributed by atoms with E-state index in [0.29, 0.717) is 19.1 Å². The Bertz CT molecular complexity index is 434. The van der Waals surface area contributed by atoms with Crippen LogP contribution in [0.5, 0.6) is 5.75 Å². The number of hydrogen-bond donors (Lipinski definition) is 0. The number of nitrogens with zero attached hydrogens (tertiary/aromatic N) is 2. The lowest BCUT2D eigenvalue weighted by Crippen LogP contribution is -2.34. The summed E-state index contributed by atoms with van der Waals surface area (Å²) in [5.41, 5.74) is 0. The maximum absolute atomic E-state index is 12.2. The molecule has 1 atom stereocenters. The van der Waals surface area contributed by atoms with E-state index in [0.717, 1.165) is 31.7 Å². The van der Waals surface area contributed by atoms with Crippen molar-refractivity contribution < 1.29 is 9.53 Å². The molecule has 2 rings (SSSR count). The predicted molar refractivity (Wildman–Crippen MR) is 84.5 cm³/mol. The Morgan fingerprint density at radius 1 is 1.24 bits per heavy atom. The molecule has 0 N–H and O–H groups in total. The normalized spacial score (nSPS) is 19.4. The van der Waals surface area contributed by atoms with Crippen LogP contribution in [0.2, 0.25) is 0 Å². The van der Waals surface area contributed by atoms with Gasteiger partial charge in [-0.15, -0.1) is 0 Å².